The van der Waals surface area contributed by atoms with Crippen molar-refractivity contribution in [2.75, 3.05) is 7.11 Å². The Morgan fingerprint density at radius 2 is 2.14 bits per heavy atom. The van der Waals surface area contributed by atoms with Gasteiger partial charge in [0.1, 0.15) is 15.9 Å². The summed E-state index contributed by atoms with van der Waals surface area (Å²) < 4.78 is 6.09. The van der Waals surface area contributed by atoms with Gasteiger partial charge in [0.05, 0.1) is 7.11 Å². The van der Waals surface area contributed by atoms with Crippen LogP contribution in [-0.4, -0.2) is 12.1 Å². The molecule has 0 aliphatic rings. The van der Waals surface area contributed by atoms with Gasteiger partial charge in [-0.05, 0) is 40.5 Å². The van der Waals surface area contributed by atoms with Gasteiger partial charge in [0.2, 0.25) is 0 Å². The maximum Gasteiger partial charge on any atom is 0.145 e. The Balaban J connectivity index is 2.86. The highest BCUT2D eigenvalue weighted by Gasteiger charge is 2.05. The van der Waals surface area contributed by atoms with Crippen LogP contribution in [0.4, 0.5) is 0 Å². The molecule has 1 aromatic carbocycles. The fourth-order valence-electron chi connectivity index (χ4n) is 1.52. The van der Waals surface area contributed by atoms with Gasteiger partial charge in [0.15, 0.2) is 0 Å². The van der Waals surface area contributed by atoms with Crippen LogP contribution in [0.1, 0.15) is 5.56 Å². The maximum atomic E-state index is 5.25. The number of rotatable bonds is 1. The molecule has 0 spiro atoms. The molecule has 2 aromatic rings. The highest BCUT2D eigenvalue weighted by Crippen LogP contribution is 2.27. The quantitative estimate of drug-likeness (QED) is 0.726. The van der Waals surface area contributed by atoms with Crippen LogP contribution in [-0.2, 0) is 0 Å². The number of fused-ring (bicyclic) bond motifs is 1. The zero-order chi connectivity index (χ0) is 10.1. The molecule has 0 bridgehead atoms. The predicted octanol–water partition coefficient (Wildman–Crippen LogP) is 3.31. The van der Waals surface area contributed by atoms with Crippen molar-refractivity contribution in [1.82, 2.24) is 4.98 Å². The lowest BCUT2D eigenvalue weighted by molar-refractivity contribution is 0.419. The number of para-hydroxylation sites is 1. The molecule has 0 atom stereocenters. The molecule has 1 heterocycles. The van der Waals surface area contributed by atoms with E-state index < -0.39 is 0 Å². The molecule has 0 amide bonds. The lowest BCUT2D eigenvalue weighted by atomic mass is 10.1. The Hall–Kier alpha value is -1.09. The lowest BCUT2D eigenvalue weighted by Gasteiger charge is -2.06. The summed E-state index contributed by atoms with van der Waals surface area (Å²) in [7, 11) is 1.66. The van der Waals surface area contributed by atoms with Crippen molar-refractivity contribution < 1.29 is 4.74 Å². The molecule has 0 N–H and O–H groups in total. The minimum absolute atomic E-state index is 0.812. The second kappa shape index (κ2) is 3.58. The van der Waals surface area contributed by atoms with Crippen molar-refractivity contribution in [3.63, 3.8) is 0 Å². The number of aromatic nitrogens is 1. The molecule has 0 fully saturated rings. The Bertz CT molecular complexity index is 482. The maximum absolute atomic E-state index is 5.25. The van der Waals surface area contributed by atoms with Crippen LogP contribution in [0.15, 0.2) is 28.9 Å². The van der Waals surface area contributed by atoms with Crippen LogP contribution < -0.4 is 4.74 Å². The van der Waals surface area contributed by atoms with Gasteiger partial charge in [0, 0.05) is 5.39 Å². The smallest absolute Gasteiger partial charge is 0.145 e. The van der Waals surface area contributed by atoms with Gasteiger partial charge in [0.25, 0.3) is 0 Å². The standard InChI is InChI=1S/C11H10BrNO/c1-7-6-10(12)13-11-8(7)4-3-5-9(11)14-2/h3-6H,1-2H3. The largest absolute Gasteiger partial charge is 0.494 e. The third-order valence-electron chi connectivity index (χ3n) is 2.20. The number of hydrogen-bond acceptors (Lipinski definition) is 2. The molecule has 0 aliphatic carbocycles. The number of methoxy groups -OCH3 is 1. The Morgan fingerprint density at radius 1 is 1.36 bits per heavy atom. The molecular formula is C11H10BrNO. The summed E-state index contributed by atoms with van der Waals surface area (Å²) in [6.07, 6.45) is 0. The molecule has 0 saturated carbocycles. The highest BCUT2D eigenvalue weighted by atomic mass is 79.9. The summed E-state index contributed by atoms with van der Waals surface area (Å²) >= 11 is 3.38. The molecule has 3 heteroatoms. The molecule has 1 aromatic heterocycles. The van der Waals surface area contributed by atoms with Crippen LogP contribution in [0.25, 0.3) is 10.9 Å². The number of halogens is 1. The first-order valence-electron chi connectivity index (χ1n) is 4.32. The van der Waals surface area contributed by atoms with Crippen molar-refractivity contribution in [3.05, 3.63) is 34.4 Å². The fraction of sp³-hybridized carbons (Fsp3) is 0.182. The molecule has 0 unspecified atom stereocenters. The molecule has 14 heavy (non-hydrogen) atoms. The van der Waals surface area contributed by atoms with Crippen molar-refractivity contribution in [1.29, 1.82) is 0 Å². The van der Waals surface area contributed by atoms with Gasteiger partial charge in [-0.1, -0.05) is 12.1 Å². The van der Waals surface area contributed by atoms with E-state index >= 15 is 0 Å². The minimum atomic E-state index is 0.812. The van der Waals surface area contributed by atoms with Crippen LogP contribution in [0, 0.1) is 6.92 Å². The molecule has 0 radical (unpaired) electrons. The van der Waals surface area contributed by atoms with E-state index in [1.165, 1.54) is 5.56 Å². The van der Waals surface area contributed by atoms with Gasteiger partial charge >= 0.3 is 0 Å². The van der Waals surface area contributed by atoms with E-state index in [1.807, 2.05) is 24.3 Å². The predicted molar refractivity (Wildman–Crippen MR) is 60.7 cm³/mol. The van der Waals surface area contributed by atoms with Crippen LogP contribution in [0.5, 0.6) is 5.75 Å². The normalized spacial score (nSPS) is 10.5. The second-order valence-electron chi connectivity index (χ2n) is 3.12. The lowest BCUT2D eigenvalue weighted by Crippen LogP contribution is -1.89. The monoisotopic (exact) mass is 251 g/mol. The summed E-state index contributed by atoms with van der Waals surface area (Å²) in [6.45, 7) is 2.06. The topological polar surface area (TPSA) is 22.1 Å². The van der Waals surface area contributed by atoms with E-state index in [1.54, 1.807) is 7.11 Å². The Kier molecular flexibility index (Phi) is 2.42. The number of pyridine rings is 1. The third kappa shape index (κ3) is 1.48. The summed E-state index contributed by atoms with van der Waals surface area (Å²) in [5.41, 5.74) is 2.10. The number of nitrogens with zero attached hydrogens (tertiary/aromatic N) is 1. The fourth-order valence-corrected chi connectivity index (χ4v) is 2.04. The Morgan fingerprint density at radius 3 is 2.86 bits per heavy atom. The summed E-state index contributed by atoms with van der Waals surface area (Å²) in [6, 6.07) is 7.94. The van der Waals surface area contributed by atoms with Crippen LogP contribution >= 0.6 is 15.9 Å². The van der Waals surface area contributed by atoms with Crippen molar-refractivity contribution in [2.24, 2.45) is 0 Å². The van der Waals surface area contributed by atoms with E-state index in [2.05, 4.69) is 27.8 Å². The van der Waals surface area contributed by atoms with E-state index in [-0.39, 0.29) is 0 Å². The zero-order valence-electron chi connectivity index (χ0n) is 8.04. The highest BCUT2D eigenvalue weighted by molar-refractivity contribution is 9.10. The average molecular weight is 252 g/mol. The average Bonchev–Trinajstić information content (AvgIpc) is 2.17. The second-order valence-corrected chi connectivity index (χ2v) is 3.93. The number of ether oxygens (including phenoxy) is 1. The van der Waals surface area contributed by atoms with Gasteiger partial charge in [-0.25, -0.2) is 4.98 Å². The van der Waals surface area contributed by atoms with Crippen molar-refractivity contribution in [2.45, 2.75) is 6.92 Å². The van der Waals surface area contributed by atoms with E-state index in [0.717, 1.165) is 21.3 Å². The number of benzene rings is 1. The molecule has 0 aliphatic heterocycles. The molecular weight excluding hydrogens is 242 g/mol. The summed E-state index contributed by atoms with van der Waals surface area (Å²) in [5.74, 6) is 0.812. The first-order chi connectivity index (χ1) is 6.72. The Labute approximate surface area is 91.0 Å². The number of hydrogen-bond donors (Lipinski definition) is 0. The SMILES string of the molecule is COc1cccc2c(C)cc(Br)nc12. The molecule has 0 saturated heterocycles. The van der Waals surface area contributed by atoms with Gasteiger partial charge < -0.3 is 4.74 Å². The third-order valence-corrected chi connectivity index (χ3v) is 2.60. The molecule has 2 rings (SSSR count). The van der Waals surface area contributed by atoms with Crippen molar-refractivity contribution >= 4 is 26.8 Å². The zero-order valence-corrected chi connectivity index (χ0v) is 9.63. The van der Waals surface area contributed by atoms with E-state index in [0.29, 0.717) is 0 Å². The first-order valence-corrected chi connectivity index (χ1v) is 5.11. The van der Waals surface area contributed by atoms with Crippen molar-refractivity contribution in [3.8, 4) is 5.75 Å². The first kappa shape index (κ1) is 9.46. The number of aryl methyl sites for hydroxylation is 1. The molecule has 72 valence electrons. The van der Waals surface area contributed by atoms with Gasteiger partial charge in [-0.3, -0.25) is 0 Å². The van der Waals surface area contributed by atoms with Gasteiger partial charge in [-0.15, -0.1) is 0 Å². The van der Waals surface area contributed by atoms with Crippen LogP contribution in [0.3, 0.4) is 0 Å². The van der Waals surface area contributed by atoms with Crippen LogP contribution in [0.2, 0.25) is 0 Å². The van der Waals surface area contributed by atoms with E-state index in [9.17, 15) is 0 Å². The van der Waals surface area contributed by atoms with Gasteiger partial charge in [-0.2, -0.15) is 0 Å². The van der Waals surface area contributed by atoms with E-state index in [4.69, 9.17) is 4.74 Å². The summed E-state index contributed by atoms with van der Waals surface area (Å²) in [5, 5.41) is 1.13. The summed E-state index contributed by atoms with van der Waals surface area (Å²) in [4.78, 5) is 4.40. The minimum Gasteiger partial charge on any atom is -0.494 e. The molecule has 2 nitrogen and oxygen atoms in total.